The molecule has 0 aromatic heterocycles. The Balaban J connectivity index is 2.58. The maximum atomic E-state index is 11.9. The first-order chi connectivity index (χ1) is 8.54. The molecule has 0 saturated carbocycles. The van der Waals surface area contributed by atoms with Crippen LogP contribution in [0.4, 0.5) is 0 Å². The molecule has 1 unspecified atom stereocenters. The number of hydrogen-bond acceptors (Lipinski definition) is 3. The van der Waals surface area contributed by atoms with Crippen molar-refractivity contribution in [2.24, 2.45) is 0 Å². The van der Waals surface area contributed by atoms with Crippen molar-refractivity contribution >= 4 is 32.6 Å². The van der Waals surface area contributed by atoms with Crippen LogP contribution in [0.3, 0.4) is 0 Å². The highest BCUT2D eigenvalue weighted by Crippen LogP contribution is 2.23. The Kier molecular flexibility index (Phi) is 6.35. The lowest BCUT2D eigenvalue weighted by Gasteiger charge is -2.09. The first kappa shape index (κ1) is 15.2. The van der Waals surface area contributed by atoms with Gasteiger partial charge >= 0.3 is 0 Å². The molecule has 0 heterocycles. The zero-order valence-electron chi connectivity index (χ0n) is 10.4. The van der Waals surface area contributed by atoms with Gasteiger partial charge in [-0.25, -0.2) is 0 Å². The fourth-order valence-electron chi connectivity index (χ4n) is 1.43. The standard InChI is InChI=1S/C12H16BrNO3S/c1-17-11-8-9(13)4-5-10(11)12(15)14-6-3-7-18(2)16/h4-5,8H,3,6-7H2,1-2H3,(H,14,15). The Bertz CT molecular complexity index is 451. The minimum absolute atomic E-state index is 0.179. The van der Waals surface area contributed by atoms with Crippen molar-refractivity contribution in [3.8, 4) is 5.75 Å². The first-order valence-corrected chi connectivity index (χ1v) is 7.98. The molecular weight excluding hydrogens is 318 g/mol. The topological polar surface area (TPSA) is 55.4 Å². The molecule has 0 fully saturated rings. The molecule has 1 atom stereocenters. The van der Waals surface area contributed by atoms with Crippen molar-refractivity contribution < 1.29 is 13.7 Å². The predicted molar refractivity (Wildman–Crippen MR) is 76.6 cm³/mol. The van der Waals surface area contributed by atoms with Crippen molar-refractivity contribution in [1.82, 2.24) is 5.32 Å². The van der Waals surface area contributed by atoms with Gasteiger partial charge in [0.1, 0.15) is 5.75 Å². The predicted octanol–water partition coefficient (Wildman–Crippen LogP) is 1.96. The summed E-state index contributed by atoms with van der Waals surface area (Å²) in [6, 6.07) is 5.24. The van der Waals surface area contributed by atoms with Crippen LogP contribution in [-0.2, 0) is 10.8 Å². The summed E-state index contributed by atoms with van der Waals surface area (Å²) >= 11 is 3.32. The van der Waals surface area contributed by atoms with Crippen LogP contribution in [-0.4, -0.2) is 35.8 Å². The van der Waals surface area contributed by atoms with Crippen LogP contribution >= 0.6 is 15.9 Å². The molecule has 6 heteroatoms. The number of methoxy groups -OCH3 is 1. The molecule has 0 spiro atoms. The summed E-state index contributed by atoms with van der Waals surface area (Å²) in [7, 11) is 0.711. The Hall–Kier alpha value is -0.880. The van der Waals surface area contributed by atoms with E-state index in [1.54, 1.807) is 24.5 Å². The highest BCUT2D eigenvalue weighted by molar-refractivity contribution is 9.10. The van der Waals surface area contributed by atoms with Gasteiger partial charge in [-0.2, -0.15) is 0 Å². The number of benzene rings is 1. The van der Waals surface area contributed by atoms with Gasteiger partial charge in [0.05, 0.1) is 12.7 Å². The maximum Gasteiger partial charge on any atom is 0.255 e. The quantitative estimate of drug-likeness (QED) is 0.809. The second kappa shape index (κ2) is 7.53. The number of carbonyl (C=O) groups is 1. The second-order valence-electron chi connectivity index (χ2n) is 3.73. The zero-order chi connectivity index (χ0) is 13.5. The van der Waals surface area contributed by atoms with Crippen molar-refractivity contribution in [3.63, 3.8) is 0 Å². The Morgan fingerprint density at radius 3 is 2.83 bits per heavy atom. The summed E-state index contributed by atoms with van der Waals surface area (Å²) < 4.78 is 16.9. The summed E-state index contributed by atoms with van der Waals surface area (Å²) in [5.41, 5.74) is 0.498. The lowest BCUT2D eigenvalue weighted by molar-refractivity contribution is 0.0950. The highest BCUT2D eigenvalue weighted by atomic mass is 79.9. The molecule has 1 rings (SSSR count). The number of hydrogen-bond donors (Lipinski definition) is 1. The Morgan fingerprint density at radius 2 is 2.22 bits per heavy atom. The number of carbonyl (C=O) groups excluding carboxylic acids is 1. The van der Waals surface area contributed by atoms with Crippen LogP contribution in [0.25, 0.3) is 0 Å². The monoisotopic (exact) mass is 333 g/mol. The molecule has 18 heavy (non-hydrogen) atoms. The number of amides is 1. The SMILES string of the molecule is COc1cc(Br)ccc1C(=O)NCCCS(C)=O. The molecule has 0 saturated heterocycles. The summed E-state index contributed by atoms with van der Waals surface area (Å²) in [4.78, 5) is 11.9. The normalized spacial score (nSPS) is 11.9. The van der Waals surface area contributed by atoms with E-state index in [1.165, 1.54) is 7.11 Å². The molecule has 100 valence electrons. The van der Waals surface area contributed by atoms with Crippen molar-refractivity contribution in [1.29, 1.82) is 0 Å². The fourth-order valence-corrected chi connectivity index (χ4v) is 2.32. The van der Waals surface area contributed by atoms with E-state index < -0.39 is 10.8 Å². The third kappa shape index (κ3) is 4.78. The number of nitrogens with one attached hydrogen (secondary N) is 1. The van der Waals surface area contributed by atoms with Crippen LogP contribution in [0.2, 0.25) is 0 Å². The average Bonchev–Trinajstić information content (AvgIpc) is 2.33. The second-order valence-corrected chi connectivity index (χ2v) is 6.20. The van der Waals surface area contributed by atoms with E-state index in [9.17, 15) is 9.00 Å². The van der Waals surface area contributed by atoms with E-state index in [1.807, 2.05) is 0 Å². The molecule has 0 aliphatic carbocycles. The highest BCUT2D eigenvalue weighted by Gasteiger charge is 2.11. The fraction of sp³-hybridized carbons (Fsp3) is 0.417. The first-order valence-electron chi connectivity index (χ1n) is 5.46. The van der Waals surface area contributed by atoms with Gasteiger partial charge in [0.2, 0.25) is 0 Å². The van der Waals surface area contributed by atoms with E-state index in [2.05, 4.69) is 21.2 Å². The molecular formula is C12H16BrNO3S. The maximum absolute atomic E-state index is 11.9. The van der Waals surface area contributed by atoms with Crippen molar-refractivity contribution in [3.05, 3.63) is 28.2 Å². The van der Waals surface area contributed by atoms with Gasteiger partial charge in [-0.15, -0.1) is 0 Å². The van der Waals surface area contributed by atoms with E-state index in [0.717, 1.165) is 4.47 Å². The van der Waals surface area contributed by atoms with Crippen LogP contribution in [0, 0.1) is 0 Å². The summed E-state index contributed by atoms with van der Waals surface area (Å²) in [5.74, 6) is 0.944. The largest absolute Gasteiger partial charge is 0.496 e. The van der Waals surface area contributed by atoms with Gasteiger partial charge in [-0.05, 0) is 24.6 Å². The van der Waals surface area contributed by atoms with Crippen molar-refractivity contribution in [2.75, 3.05) is 25.7 Å². The number of halogens is 1. The Morgan fingerprint density at radius 1 is 1.50 bits per heavy atom. The zero-order valence-corrected chi connectivity index (χ0v) is 12.8. The minimum atomic E-state index is -0.816. The molecule has 1 N–H and O–H groups in total. The molecule has 1 aromatic rings. The number of rotatable bonds is 6. The lowest BCUT2D eigenvalue weighted by Crippen LogP contribution is -2.25. The molecule has 0 aliphatic heterocycles. The van der Waals surface area contributed by atoms with E-state index in [4.69, 9.17) is 4.74 Å². The van der Waals surface area contributed by atoms with Gasteiger partial charge in [-0.3, -0.25) is 9.00 Å². The molecule has 1 aromatic carbocycles. The van der Waals surface area contributed by atoms with Crippen LogP contribution in [0.1, 0.15) is 16.8 Å². The minimum Gasteiger partial charge on any atom is -0.496 e. The average molecular weight is 334 g/mol. The van der Waals surface area contributed by atoms with Gasteiger partial charge < -0.3 is 10.1 Å². The van der Waals surface area contributed by atoms with E-state index in [-0.39, 0.29) is 5.91 Å². The Labute approximate surface area is 118 Å². The van der Waals surface area contributed by atoms with E-state index in [0.29, 0.717) is 30.0 Å². The van der Waals surface area contributed by atoms with Crippen LogP contribution in [0.5, 0.6) is 5.75 Å². The molecule has 4 nitrogen and oxygen atoms in total. The van der Waals surface area contributed by atoms with Gasteiger partial charge in [0.25, 0.3) is 5.91 Å². The van der Waals surface area contributed by atoms with Gasteiger partial charge in [0.15, 0.2) is 0 Å². The molecule has 1 amide bonds. The smallest absolute Gasteiger partial charge is 0.255 e. The summed E-state index contributed by atoms with van der Waals surface area (Å²) in [6.07, 6.45) is 2.35. The van der Waals surface area contributed by atoms with Crippen LogP contribution < -0.4 is 10.1 Å². The third-order valence-corrected chi connectivity index (χ3v) is 3.66. The van der Waals surface area contributed by atoms with Crippen LogP contribution in [0.15, 0.2) is 22.7 Å². The van der Waals surface area contributed by atoms with Crippen molar-refractivity contribution in [2.45, 2.75) is 6.42 Å². The molecule has 0 radical (unpaired) electrons. The third-order valence-electron chi connectivity index (χ3n) is 2.30. The van der Waals surface area contributed by atoms with Gasteiger partial charge in [0, 0.05) is 33.8 Å². The number of ether oxygens (including phenoxy) is 1. The van der Waals surface area contributed by atoms with Gasteiger partial charge in [-0.1, -0.05) is 15.9 Å². The van der Waals surface area contributed by atoms with E-state index >= 15 is 0 Å². The molecule has 0 bridgehead atoms. The molecule has 0 aliphatic rings. The summed E-state index contributed by atoms with van der Waals surface area (Å²) in [6.45, 7) is 0.512. The lowest BCUT2D eigenvalue weighted by atomic mass is 10.2. The summed E-state index contributed by atoms with van der Waals surface area (Å²) in [5, 5.41) is 2.78.